The third-order valence-electron chi connectivity index (χ3n) is 2.92. The fourth-order valence-electron chi connectivity index (χ4n) is 1.74. The number of ether oxygens (including phenoxy) is 1. The average molecular weight is 306 g/mol. The second-order valence-electron chi connectivity index (χ2n) is 4.46. The highest BCUT2D eigenvalue weighted by atomic mass is 35.5. The van der Waals surface area contributed by atoms with Gasteiger partial charge in [0.15, 0.2) is 11.9 Å². The van der Waals surface area contributed by atoms with Gasteiger partial charge >= 0.3 is 0 Å². The van der Waals surface area contributed by atoms with Gasteiger partial charge in [-0.25, -0.2) is 4.68 Å². The summed E-state index contributed by atoms with van der Waals surface area (Å²) >= 11 is 5.90. The molecule has 2 rings (SSSR count). The molecule has 6 heteroatoms. The lowest BCUT2D eigenvalue weighted by atomic mass is 10.1. The molecule has 1 atom stereocenters. The molecule has 0 N–H and O–H groups in total. The van der Waals surface area contributed by atoms with Gasteiger partial charge in [0.2, 0.25) is 0 Å². The van der Waals surface area contributed by atoms with Crippen molar-refractivity contribution >= 4 is 29.3 Å². The zero-order valence-corrected chi connectivity index (χ0v) is 12.6. The summed E-state index contributed by atoms with van der Waals surface area (Å²) in [5.41, 5.74) is 0.811. The van der Waals surface area contributed by atoms with Crippen LogP contribution in [-0.4, -0.2) is 26.9 Å². The zero-order chi connectivity index (χ0) is 15.2. The highest BCUT2D eigenvalue weighted by molar-refractivity contribution is 6.30. The Morgan fingerprint density at radius 1 is 1.43 bits per heavy atom. The number of rotatable bonds is 6. The fourth-order valence-corrected chi connectivity index (χ4v) is 1.86. The Bertz CT molecular complexity index is 621. The Morgan fingerprint density at radius 2 is 2.14 bits per heavy atom. The molecule has 0 aliphatic carbocycles. The summed E-state index contributed by atoms with van der Waals surface area (Å²) in [6.07, 6.45) is 4.83. The summed E-state index contributed by atoms with van der Waals surface area (Å²) in [5.74, 6) is 0.569. The van der Waals surface area contributed by atoms with Crippen LogP contribution in [0, 0.1) is 0 Å². The summed E-state index contributed by atoms with van der Waals surface area (Å²) in [6, 6.07) is 7.19. The van der Waals surface area contributed by atoms with E-state index in [1.54, 1.807) is 37.7 Å². The number of aromatic nitrogens is 3. The van der Waals surface area contributed by atoms with Crippen molar-refractivity contribution in [3.05, 3.63) is 47.2 Å². The molecule has 0 saturated carbocycles. The van der Waals surface area contributed by atoms with Gasteiger partial charge in [-0.1, -0.05) is 23.7 Å². The number of hydrogen-bond donors (Lipinski definition) is 0. The molecule has 110 valence electrons. The van der Waals surface area contributed by atoms with Crippen LogP contribution in [0.3, 0.4) is 0 Å². The third kappa shape index (κ3) is 4.16. The molecule has 0 spiro atoms. The van der Waals surface area contributed by atoms with E-state index in [0.29, 0.717) is 17.2 Å². The minimum Gasteiger partial charge on any atom is -0.481 e. The molecule has 1 unspecified atom stereocenters. The normalized spacial score (nSPS) is 13.0. The maximum Gasteiger partial charge on any atom is 0.172 e. The van der Waals surface area contributed by atoms with E-state index in [4.69, 9.17) is 16.3 Å². The van der Waals surface area contributed by atoms with Gasteiger partial charge in [0.1, 0.15) is 5.76 Å². The molecule has 0 aliphatic rings. The van der Waals surface area contributed by atoms with E-state index in [9.17, 15) is 4.79 Å². The number of nitrogens with zero attached hydrogens (tertiary/aromatic N) is 3. The van der Waals surface area contributed by atoms with Crippen molar-refractivity contribution in [2.75, 3.05) is 0 Å². The van der Waals surface area contributed by atoms with Crippen LogP contribution in [0.25, 0.3) is 12.0 Å². The smallest absolute Gasteiger partial charge is 0.172 e. The van der Waals surface area contributed by atoms with E-state index in [1.807, 2.05) is 19.1 Å². The summed E-state index contributed by atoms with van der Waals surface area (Å²) in [4.78, 5) is 11.7. The van der Waals surface area contributed by atoms with Crippen LogP contribution < -0.4 is 0 Å². The average Bonchev–Trinajstić information content (AvgIpc) is 2.99. The molecule has 1 aromatic heterocycles. The number of benzene rings is 1. The molecular formula is C15H16ClN3O2. The largest absolute Gasteiger partial charge is 0.481 e. The predicted molar refractivity (Wildman–Crippen MR) is 81.5 cm³/mol. The molecule has 1 aromatic carbocycles. The summed E-state index contributed by atoms with van der Waals surface area (Å²) in [5, 5.41) is 8.24. The first-order valence-electron chi connectivity index (χ1n) is 6.63. The molecule has 5 nitrogen and oxygen atoms in total. The van der Waals surface area contributed by atoms with Crippen molar-refractivity contribution in [1.82, 2.24) is 15.0 Å². The molecule has 2 aromatic rings. The van der Waals surface area contributed by atoms with Gasteiger partial charge in [-0.2, -0.15) is 0 Å². The molecule has 1 heterocycles. The summed E-state index contributed by atoms with van der Waals surface area (Å²) in [7, 11) is 0. The summed E-state index contributed by atoms with van der Waals surface area (Å²) in [6.45, 7) is 3.54. The lowest BCUT2D eigenvalue weighted by molar-refractivity contribution is -0.125. The van der Waals surface area contributed by atoms with Gasteiger partial charge in [-0.3, -0.25) is 4.79 Å². The summed E-state index contributed by atoms with van der Waals surface area (Å²) < 4.78 is 7.30. The number of carbonyl (C=O) groups is 1. The number of halogens is 1. The molecule has 0 radical (unpaired) electrons. The zero-order valence-electron chi connectivity index (χ0n) is 11.9. The van der Waals surface area contributed by atoms with Gasteiger partial charge in [-0.05, 0) is 31.2 Å². The highest BCUT2D eigenvalue weighted by Crippen LogP contribution is 2.21. The molecule has 0 bridgehead atoms. The Morgan fingerprint density at radius 3 is 2.71 bits per heavy atom. The number of hydrogen-bond acceptors (Lipinski definition) is 4. The fraction of sp³-hybridized carbons (Fsp3) is 0.267. The lowest BCUT2D eigenvalue weighted by Crippen LogP contribution is -2.19. The Hall–Kier alpha value is -2.14. The van der Waals surface area contributed by atoms with E-state index >= 15 is 0 Å². The standard InChI is InChI=1S/C15H16ClN3O2/c1-3-14(20)11(2)21-15(10-19-9-8-17-18-19)12-4-6-13(16)7-5-12/h4-11H,3H2,1-2H3/b15-10+. The van der Waals surface area contributed by atoms with Crippen molar-refractivity contribution < 1.29 is 9.53 Å². The van der Waals surface area contributed by atoms with Gasteiger partial charge in [0.05, 0.1) is 18.6 Å². The van der Waals surface area contributed by atoms with E-state index < -0.39 is 6.10 Å². The Balaban J connectivity index is 2.30. The van der Waals surface area contributed by atoms with Crippen LogP contribution in [0.4, 0.5) is 0 Å². The van der Waals surface area contributed by atoms with Crippen LogP contribution in [0.1, 0.15) is 25.8 Å². The first-order chi connectivity index (χ1) is 10.1. The third-order valence-corrected chi connectivity index (χ3v) is 3.18. The van der Waals surface area contributed by atoms with Crippen LogP contribution in [0.15, 0.2) is 36.7 Å². The van der Waals surface area contributed by atoms with Crippen molar-refractivity contribution in [1.29, 1.82) is 0 Å². The first kappa shape index (κ1) is 15.3. The first-order valence-corrected chi connectivity index (χ1v) is 7.01. The molecule has 21 heavy (non-hydrogen) atoms. The van der Waals surface area contributed by atoms with E-state index in [2.05, 4.69) is 10.3 Å². The monoisotopic (exact) mass is 305 g/mol. The minimum absolute atomic E-state index is 0.0356. The topological polar surface area (TPSA) is 57.0 Å². The quantitative estimate of drug-likeness (QED) is 0.769. The highest BCUT2D eigenvalue weighted by Gasteiger charge is 2.15. The van der Waals surface area contributed by atoms with Crippen LogP contribution in [0.5, 0.6) is 0 Å². The SMILES string of the molecule is CCC(=O)C(C)O/C(=C/n1ccnn1)c1ccc(Cl)cc1. The van der Waals surface area contributed by atoms with Crippen molar-refractivity contribution in [2.45, 2.75) is 26.4 Å². The van der Waals surface area contributed by atoms with E-state index in [0.717, 1.165) is 5.56 Å². The van der Waals surface area contributed by atoms with Crippen molar-refractivity contribution in [3.63, 3.8) is 0 Å². The Kier molecular flexibility index (Phi) is 5.11. The van der Waals surface area contributed by atoms with Gasteiger partial charge in [0, 0.05) is 17.0 Å². The molecule has 0 amide bonds. The number of carbonyl (C=O) groups excluding carboxylic acids is 1. The number of Topliss-reactive ketones (excluding diaryl/α,β-unsaturated/α-hetero) is 1. The Labute approximate surface area is 128 Å². The van der Waals surface area contributed by atoms with Crippen LogP contribution in [-0.2, 0) is 9.53 Å². The molecule has 0 fully saturated rings. The van der Waals surface area contributed by atoms with Crippen molar-refractivity contribution in [3.8, 4) is 0 Å². The van der Waals surface area contributed by atoms with Gasteiger partial charge in [0.25, 0.3) is 0 Å². The predicted octanol–water partition coefficient (Wildman–Crippen LogP) is 3.27. The molecular weight excluding hydrogens is 290 g/mol. The molecule has 0 saturated heterocycles. The van der Waals surface area contributed by atoms with Gasteiger partial charge in [-0.15, -0.1) is 5.10 Å². The minimum atomic E-state index is -0.527. The maximum absolute atomic E-state index is 11.7. The second kappa shape index (κ2) is 7.04. The number of ketones is 1. The van der Waals surface area contributed by atoms with E-state index in [1.165, 1.54) is 4.68 Å². The maximum atomic E-state index is 11.7. The van der Waals surface area contributed by atoms with E-state index in [-0.39, 0.29) is 5.78 Å². The second-order valence-corrected chi connectivity index (χ2v) is 4.90. The van der Waals surface area contributed by atoms with Crippen molar-refractivity contribution in [2.24, 2.45) is 0 Å². The van der Waals surface area contributed by atoms with Crippen LogP contribution >= 0.6 is 11.6 Å². The lowest BCUT2D eigenvalue weighted by Gasteiger charge is -2.16. The molecule has 0 aliphatic heterocycles. The van der Waals surface area contributed by atoms with Crippen LogP contribution in [0.2, 0.25) is 5.02 Å². The van der Waals surface area contributed by atoms with Gasteiger partial charge < -0.3 is 4.74 Å².